The van der Waals surface area contributed by atoms with Gasteiger partial charge >= 0.3 is 0 Å². The molecule has 1 aromatic carbocycles. The number of nitrogens with zero attached hydrogens (tertiary/aromatic N) is 2. The second-order valence-corrected chi connectivity index (χ2v) is 4.46. The van der Waals surface area contributed by atoms with Crippen LogP contribution in [-0.2, 0) is 13.6 Å². The average Bonchev–Trinajstić information content (AvgIpc) is 2.82. The molecule has 0 saturated heterocycles. The standard InChI is InChI=1S/C15H15N3/c1-18-7-6-12(11-18)9-16-14-8-13-4-2-3-5-15(13)17-10-14/h2-8,10-11,16H,9H2,1H3. The SMILES string of the molecule is Cn1ccc(CNc2cnc3ccccc3c2)c1. The normalized spacial score (nSPS) is 10.7. The number of aryl methyl sites for hydroxylation is 1. The van der Waals surface area contributed by atoms with E-state index in [9.17, 15) is 0 Å². The second-order valence-electron chi connectivity index (χ2n) is 4.46. The molecule has 0 fully saturated rings. The fourth-order valence-corrected chi connectivity index (χ4v) is 2.04. The van der Waals surface area contributed by atoms with E-state index < -0.39 is 0 Å². The summed E-state index contributed by atoms with van der Waals surface area (Å²) in [6, 6.07) is 12.4. The van der Waals surface area contributed by atoms with Crippen LogP contribution in [-0.4, -0.2) is 9.55 Å². The van der Waals surface area contributed by atoms with Crippen LogP contribution in [0.5, 0.6) is 0 Å². The summed E-state index contributed by atoms with van der Waals surface area (Å²) >= 11 is 0. The van der Waals surface area contributed by atoms with Gasteiger partial charge < -0.3 is 9.88 Å². The molecule has 0 spiro atoms. The summed E-state index contributed by atoms with van der Waals surface area (Å²) in [5, 5.41) is 4.55. The number of pyridine rings is 1. The van der Waals surface area contributed by atoms with Crippen LogP contribution in [0.3, 0.4) is 0 Å². The zero-order chi connectivity index (χ0) is 12.4. The van der Waals surface area contributed by atoms with Crippen LogP contribution in [0.25, 0.3) is 10.9 Å². The van der Waals surface area contributed by atoms with Crippen molar-refractivity contribution >= 4 is 16.6 Å². The quantitative estimate of drug-likeness (QED) is 0.758. The van der Waals surface area contributed by atoms with Crippen molar-refractivity contribution in [1.82, 2.24) is 9.55 Å². The molecule has 0 amide bonds. The predicted octanol–water partition coefficient (Wildman–Crippen LogP) is 3.19. The first-order valence-corrected chi connectivity index (χ1v) is 6.01. The van der Waals surface area contributed by atoms with Crippen LogP contribution in [0.4, 0.5) is 5.69 Å². The van der Waals surface area contributed by atoms with Gasteiger partial charge in [-0.2, -0.15) is 0 Å². The van der Waals surface area contributed by atoms with E-state index in [-0.39, 0.29) is 0 Å². The Balaban J connectivity index is 1.78. The molecule has 3 nitrogen and oxygen atoms in total. The lowest BCUT2D eigenvalue weighted by molar-refractivity contribution is 0.920. The number of aromatic nitrogens is 2. The third kappa shape index (κ3) is 2.20. The maximum absolute atomic E-state index is 4.43. The van der Waals surface area contributed by atoms with Gasteiger partial charge in [-0.15, -0.1) is 0 Å². The highest BCUT2D eigenvalue weighted by molar-refractivity contribution is 5.81. The number of fused-ring (bicyclic) bond motifs is 1. The summed E-state index contributed by atoms with van der Waals surface area (Å²) in [7, 11) is 2.03. The van der Waals surface area contributed by atoms with Gasteiger partial charge in [0.15, 0.2) is 0 Å². The van der Waals surface area contributed by atoms with E-state index in [0.29, 0.717) is 0 Å². The Labute approximate surface area is 106 Å². The molecule has 2 heterocycles. The zero-order valence-corrected chi connectivity index (χ0v) is 10.3. The molecule has 0 unspecified atom stereocenters. The van der Waals surface area contributed by atoms with Crippen molar-refractivity contribution in [3.8, 4) is 0 Å². The molecule has 3 rings (SSSR count). The molecule has 0 radical (unpaired) electrons. The zero-order valence-electron chi connectivity index (χ0n) is 10.3. The first kappa shape index (κ1) is 10.8. The molecule has 3 aromatic rings. The smallest absolute Gasteiger partial charge is 0.0703 e. The van der Waals surface area contributed by atoms with Crippen LogP contribution in [0.2, 0.25) is 0 Å². The average molecular weight is 237 g/mol. The van der Waals surface area contributed by atoms with Gasteiger partial charge in [0.2, 0.25) is 0 Å². The van der Waals surface area contributed by atoms with Gasteiger partial charge in [-0.25, -0.2) is 0 Å². The predicted molar refractivity (Wildman–Crippen MR) is 74.5 cm³/mol. The Morgan fingerprint density at radius 3 is 2.94 bits per heavy atom. The Morgan fingerprint density at radius 1 is 1.22 bits per heavy atom. The maximum Gasteiger partial charge on any atom is 0.0703 e. The minimum atomic E-state index is 0.820. The summed E-state index contributed by atoms with van der Waals surface area (Å²) in [5.74, 6) is 0. The minimum Gasteiger partial charge on any atom is -0.380 e. The van der Waals surface area contributed by atoms with Crippen molar-refractivity contribution < 1.29 is 0 Å². The van der Waals surface area contributed by atoms with Crippen LogP contribution < -0.4 is 5.32 Å². The van der Waals surface area contributed by atoms with Crippen molar-refractivity contribution in [3.05, 3.63) is 60.6 Å². The van der Waals surface area contributed by atoms with E-state index in [1.807, 2.05) is 31.4 Å². The monoisotopic (exact) mass is 237 g/mol. The Kier molecular flexibility index (Phi) is 2.73. The molecule has 18 heavy (non-hydrogen) atoms. The molecular formula is C15H15N3. The number of anilines is 1. The highest BCUT2D eigenvalue weighted by Gasteiger charge is 1.98. The van der Waals surface area contributed by atoms with Gasteiger partial charge in [0.1, 0.15) is 0 Å². The van der Waals surface area contributed by atoms with E-state index >= 15 is 0 Å². The number of para-hydroxylation sites is 1. The van der Waals surface area contributed by atoms with Crippen molar-refractivity contribution in [2.75, 3.05) is 5.32 Å². The number of rotatable bonds is 3. The first-order valence-electron chi connectivity index (χ1n) is 6.01. The van der Waals surface area contributed by atoms with Crippen LogP contribution in [0.1, 0.15) is 5.56 Å². The summed E-state index contributed by atoms with van der Waals surface area (Å²) in [5.41, 5.74) is 3.35. The summed E-state index contributed by atoms with van der Waals surface area (Å²) in [4.78, 5) is 4.43. The topological polar surface area (TPSA) is 29.9 Å². The highest BCUT2D eigenvalue weighted by Crippen LogP contribution is 2.16. The summed E-state index contributed by atoms with van der Waals surface area (Å²) in [6.45, 7) is 0.820. The molecular weight excluding hydrogens is 222 g/mol. The van der Waals surface area contributed by atoms with E-state index in [4.69, 9.17) is 0 Å². The molecule has 2 aromatic heterocycles. The van der Waals surface area contributed by atoms with Crippen LogP contribution >= 0.6 is 0 Å². The van der Waals surface area contributed by atoms with Gasteiger partial charge in [-0.1, -0.05) is 18.2 Å². The van der Waals surface area contributed by atoms with E-state index in [2.05, 4.69) is 45.5 Å². The molecule has 1 N–H and O–H groups in total. The largest absolute Gasteiger partial charge is 0.380 e. The summed E-state index contributed by atoms with van der Waals surface area (Å²) in [6.07, 6.45) is 6.04. The lowest BCUT2D eigenvalue weighted by Gasteiger charge is -2.05. The van der Waals surface area contributed by atoms with Gasteiger partial charge in [0, 0.05) is 31.4 Å². The molecule has 0 aliphatic heterocycles. The van der Waals surface area contributed by atoms with Crippen LogP contribution in [0, 0.1) is 0 Å². The maximum atomic E-state index is 4.43. The lowest BCUT2D eigenvalue weighted by atomic mass is 10.2. The van der Waals surface area contributed by atoms with Gasteiger partial charge in [-0.05, 0) is 23.8 Å². The molecule has 0 aliphatic carbocycles. The van der Waals surface area contributed by atoms with E-state index in [0.717, 1.165) is 23.1 Å². The number of nitrogens with one attached hydrogen (secondary N) is 1. The van der Waals surface area contributed by atoms with Gasteiger partial charge in [0.05, 0.1) is 17.4 Å². The third-order valence-corrected chi connectivity index (χ3v) is 2.98. The lowest BCUT2D eigenvalue weighted by Crippen LogP contribution is -1.98. The molecule has 0 bridgehead atoms. The highest BCUT2D eigenvalue weighted by atomic mass is 14.9. The molecule has 0 saturated carbocycles. The van der Waals surface area contributed by atoms with Gasteiger partial charge in [-0.3, -0.25) is 4.98 Å². The fraction of sp³-hybridized carbons (Fsp3) is 0.133. The Morgan fingerprint density at radius 2 is 2.11 bits per heavy atom. The third-order valence-electron chi connectivity index (χ3n) is 2.98. The fourth-order valence-electron chi connectivity index (χ4n) is 2.04. The number of benzene rings is 1. The molecule has 0 atom stereocenters. The second kappa shape index (κ2) is 4.53. The van der Waals surface area contributed by atoms with E-state index in [1.54, 1.807) is 0 Å². The van der Waals surface area contributed by atoms with Gasteiger partial charge in [0.25, 0.3) is 0 Å². The van der Waals surface area contributed by atoms with Crippen molar-refractivity contribution in [1.29, 1.82) is 0 Å². The minimum absolute atomic E-state index is 0.820. The summed E-state index contributed by atoms with van der Waals surface area (Å²) < 4.78 is 2.05. The van der Waals surface area contributed by atoms with E-state index in [1.165, 1.54) is 5.56 Å². The Hall–Kier alpha value is -2.29. The molecule has 3 heteroatoms. The van der Waals surface area contributed by atoms with Crippen molar-refractivity contribution in [3.63, 3.8) is 0 Å². The van der Waals surface area contributed by atoms with Crippen molar-refractivity contribution in [2.24, 2.45) is 7.05 Å². The first-order chi connectivity index (χ1) is 8.81. The number of hydrogen-bond donors (Lipinski definition) is 1. The van der Waals surface area contributed by atoms with Crippen LogP contribution in [0.15, 0.2) is 55.0 Å². The molecule has 90 valence electrons. The number of hydrogen-bond acceptors (Lipinski definition) is 2. The molecule has 0 aliphatic rings. The van der Waals surface area contributed by atoms with Crippen molar-refractivity contribution in [2.45, 2.75) is 6.54 Å². The Bertz CT molecular complexity index is 670.